The molecule has 2 aromatic rings. The molecule has 2 heterocycles. The van der Waals surface area contributed by atoms with Crippen LogP contribution < -0.4 is 14.8 Å². The molecule has 0 spiro atoms. The molecule has 0 saturated carbocycles. The fraction of sp³-hybridized carbons (Fsp3) is 0.474. The van der Waals surface area contributed by atoms with E-state index in [2.05, 4.69) is 10.3 Å². The smallest absolute Gasteiger partial charge is 0.266 e. The van der Waals surface area contributed by atoms with Gasteiger partial charge in [-0.2, -0.15) is 0 Å². The van der Waals surface area contributed by atoms with Crippen molar-refractivity contribution in [2.45, 2.75) is 25.8 Å². The van der Waals surface area contributed by atoms with Gasteiger partial charge in [0, 0.05) is 24.7 Å². The normalized spacial score (nSPS) is 15.6. The largest absolute Gasteiger partial charge is 0.493 e. The molecule has 1 atom stereocenters. The van der Waals surface area contributed by atoms with Crippen LogP contribution in [0.15, 0.2) is 18.2 Å². The van der Waals surface area contributed by atoms with Crippen molar-refractivity contribution < 1.29 is 14.3 Å². The van der Waals surface area contributed by atoms with Gasteiger partial charge in [0.25, 0.3) is 5.91 Å². The Morgan fingerprint density at radius 3 is 2.64 bits per heavy atom. The number of rotatable bonds is 6. The van der Waals surface area contributed by atoms with Crippen LogP contribution in [0.2, 0.25) is 0 Å². The molecule has 1 amide bonds. The lowest BCUT2D eigenvalue weighted by molar-refractivity contribution is 0.0741. The summed E-state index contributed by atoms with van der Waals surface area (Å²) in [6.45, 7) is 3.54. The van der Waals surface area contributed by atoms with Crippen molar-refractivity contribution in [2.24, 2.45) is 0 Å². The van der Waals surface area contributed by atoms with E-state index in [4.69, 9.17) is 9.47 Å². The molecule has 1 aliphatic rings. The summed E-state index contributed by atoms with van der Waals surface area (Å²) in [4.78, 5) is 20.4. The van der Waals surface area contributed by atoms with E-state index in [9.17, 15) is 4.79 Å². The minimum absolute atomic E-state index is 0. The highest BCUT2D eigenvalue weighted by Crippen LogP contribution is 2.35. The SMILES string of the molecule is CNCC1CCCN1C(=O)c1sc(-c2ccc(OC)c(OC)c2)nc1C.Cl.Cl. The molecule has 1 N–H and O–H groups in total. The number of carbonyl (C=O) groups is 1. The van der Waals surface area contributed by atoms with E-state index in [1.165, 1.54) is 11.3 Å². The van der Waals surface area contributed by atoms with Crippen LogP contribution in [0, 0.1) is 6.92 Å². The van der Waals surface area contributed by atoms with E-state index in [0.717, 1.165) is 47.1 Å². The van der Waals surface area contributed by atoms with Gasteiger partial charge in [-0.15, -0.1) is 36.2 Å². The Balaban J connectivity index is 0.00000196. The predicted molar refractivity (Wildman–Crippen MR) is 118 cm³/mol. The van der Waals surface area contributed by atoms with E-state index in [-0.39, 0.29) is 36.8 Å². The number of halogens is 2. The fourth-order valence-electron chi connectivity index (χ4n) is 3.37. The number of amides is 1. The molecular formula is C19H27Cl2N3O3S. The number of aryl methyl sites for hydroxylation is 1. The Hall–Kier alpha value is -1.54. The number of likely N-dealkylation sites (tertiary alicyclic amines) is 1. The van der Waals surface area contributed by atoms with Crippen LogP contribution in [0.1, 0.15) is 28.2 Å². The first-order valence-electron chi connectivity index (χ1n) is 8.74. The highest BCUT2D eigenvalue weighted by Gasteiger charge is 2.31. The summed E-state index contributed by atoms with van der Waals surface area (Å²) in [6.07, 6.45) is 2.10. The average molecular weight is 448 g/mol. The number of aromatic nitrogens is 1. The molecule has 1 saturated heterocycles. The summed E-state index contributed by atoms with van der Waals surface area (Å²) < 4.78 is 10.7. The number of hydrogen-bond donors (Lipinski definition) is 1. The fourth-order valence-corrected chi connectivity index (χ4v) is 4.39. The standard InChI is InChI=1S/C19H25N3O3S.2ClH/c1-12-17(19(23)22-9-5-6-14(22)11-20-2)26-18(21-12)13-7-8-15(24-3)16(10-13)25-4;;/h7-8,10,14,20H,5-6,9,11H2,1-4H3;2*1H. The molecule has 3 rings (SSSR count). The average Bonchev–Trinajstić information content (AvgIpc) is 3.27. The second-order valence-corrected chi connectivity index (χ2v) is 7.35. The zero-order valence-corrected chi connectivity index (χ0v) is 18.9. The number of thiazole rings is 1. The summed E-state index contributed by atoms with van der Waals surface area (Å²) in [7, 11) is 5.15. The zero-order chi connectivity index (χ0) is 18.7. The first-order valence-corrected chi connectivity index (χ1v) is 9.56. The quantitative estimate of drug-likeness (QED) is 0.729. The Labute approximate surface area is 182 Å². The van der Waals surface area contributed by atoms with Gasteiger partial charge in [0.1, 0.15) is 9.88 Å². The lowest BCUT2D eigenvalue weighted by Gasteiger charge is -2.24. The maximum Gasteiger partial charge on any atom is 0.266 e. The number of hydrogen-bond acceptors (Lipinski definition) is 6. The molecule has 6 nitrogen and oxygen atoms in total. The number of methoxy groups -OCH3 is 2. The molecule has 0 radical (unpaired) electrons. The molecule has 1 aromatic heterocycles. The van der Waals surface area contributed by atoms with Crippen molar-refractivity contribution >= 4 is 42.1 Å². The molecule has 0 bridgehead atoms. The number of nitrogens with one attached hydrogen (secondary N) is 1. The van der Waals surface area contributed by atoms with Crippen LogP contribution in [-0.2, 0) is 0 Å². The number of benzene rings is 1. The van der Waals surface area contributed by atoms with Crippen LogP contribution >= 0.6 is 36.2 Å². The highest BCUT2D eigenvalue weighted by atomic mass is 35.5. The highest BCUT2D eigenvalue weighted by molar-refractivity contribution is 7.17. The number of likely N-dealkylation sites (N-methyl/N-ethyl adjacent to an activating group) is 1. The molecule has 1 unspecified atom stereocenters. The van der Waals surface area contributed by atoms with Gasteiger partial charge in [-0.05, 0) is 45.0 Å². The van der Waals surface area contributed by atoms with Crippen LogP contribution in [0.3, 0.4) is 0 Å². The second kappa shape index (κ2) is 10.9. The Morgan fingerprint density at radius 2 is 2.00 bits per heavy atom. The van der Waals surface area contributed by atoms with E-state index in [0.29, 0.717) is 11.5 Å². The topological polar surface area (TPSA) is 63.7 Å². The lowest BCUT2D eigenvalue weighted by Crippen LogP contribution is -2.40. The van der Waals surface area contributed by atoms with Gasteiger partial charge in [-0.25, -0.2) is 4.98 Å². The summed E-state index contributed by atoms with van der Waals surface area (Å²) >= 11 is 1.44. The number of carbonyl (C=O) groups excluding carboxylic acids is 1. The molecular weight excluding hydrogens is 421 g/mol. The molecule has 1 aliphatic heterocycles. The molecule has 28 heavy (non-hydrogen) atoms. The van der Waals surface area contributed by atoms with Crippen molar-refractivity contribution in [3.63, 3.8) is 0 Å². The Morgan fingerprint density at radius 1 is 1.29 bits per heavy atom. The molecule has 1 aromatic carbocycles. The third-order valence-corrected chi connectivity index (χ3v) is 5.89. The maximum atomic E-state index is 13.0. The van der Waals surface area contributed by atoms with E-state index in [1.54, 1.807) is 14.2 Å². The summed E-state index contributed by atoms with van der Waals surface area (Å²) in [6, 6.07) is 5.95. The number of ether oxygens (including phenoxy) is 2. The Kier molecular flexibility index (Phi) is 9.50. The summed E-state index contributed by atoms with van der Waals surface area (Å²) in [5.74, 6) is 1.41. The third-order valence-electron chi connectivity index (χ3n) is 4.70. The minimum Gasteiger partial charge on any atom is -0.493 e. The van der Waals surface area contributed by atoms with Crippen molar-refractivity contribution in [1.82, 2.24) is 15.2 Å². The predicted octanol–water partition coefficient (Wildman–Crippen LogP) is 3.80. The van der Waals surface area contributed by atoms with Gasteiger partial charge in [0.2, 0.25) is 0 Å². The van der Waals surface area contributed by atoms with Gasteiger partial charge in [0.05, 0.1) is 19.9 Å². The van der Waals surface area contributed by atoms with E-state index < -0.39 is 0 Å². The van der Waals surface area contributed by atoms with Crippen LogP contribution in [0.5, 0.6) is 11.5 Å². The van der Waals surface area contributed by atoms with Gasteiger partial charge >= 0.3 is 0 Å². The maximum absolute atomic E-state index is 13.0. The molecule has 1 fully saturated rings. The van der Waals surface area contributed by atoms with E-state index >= 15 is 0 Å². The molecule has 0 aliphatic carbocycles. The van der Waals surface area contributed by atoms with Gasteiger partial charge < -0.3 is 19.7 Å². The Bertz CT molecular complexity index is 801. The van der Waals surface area contributed by atoms with Crippen LogP contribution in [-0.4, -0.2) is 56.2 Å². The van der Waals surface area contributed by atoms with Crippen molar-refractivity contribution in [3.05, 3.63) is 28.8 Å². The van der Waals surface area contributed by atoms with Crippen molar-refractivity contribution in [3.8, 4) is 22.1 Å². The first-order chi connectivity index (χ1) is 12.6. The first kappa shape index (κ1) is 24.5. The van der Waals surface area contributed by atoms with Crippen LogP contribution in [0.4, 0.5) is 0 Å². The summed E-state index contributed by atoms with van der Waals surface area (Å²) in [5.41, 5.74) is 1.70. The molecule has 9 heteroatoms. The van der Waals surface area contributed by atoms with Gasteiger partial charge in [-0.1, -0.05) is 0 Å². The van der Waals surface area contributed by atoms with E-state index in [1.807, 2.05) is 37.1 Å². The van der Waals surface area contributed by atoms with Gasteiger partial charge in [-0.3, -0.25) is 4.79 Å². The minimum atomic E-state index is 0. The van der Waals surface area contributed by atoms with Gasteiger partial charge in [0.15, 0.2) is 11.5 Å². The lowest BCUT2D eigenvalue weighted by atomic mass is 10.2. The van der Waals surface area contributed by atoms with Crippen LogP contribution in [0.25, 0.3) is 10.6 Å². The number of nitrogens with zero attached hydrogens (tertiary/aromatic N) is 2. The monoisotopic (exact) mass is 447 g/mol. The third kappa shape index (κ3) is 4.89. The molecule has 156 valence electrons. The zero-order valence-electron chi connectivity index (χ0n) is 16.5. The summed E-state index contributed by atoms with van der Waals surface area (Å²) in [5, 5.41) is 4.00. The second-order valence-electron chi connectivity index (χ2n) is 6.36. The van der Waals surface area contributed by atoms with Crippen molar-refractivity contribution in [2.75, 3.05) is 34.4 Å². The van der Waals surface area contributed by atoms with Crippen molar-refractivity contribution in [1.29, 1.82) is 0 Å².